The van der Waals surface area contributed by atoms with Gasteiger partial charge in [0, 0.05) is 18.8 Å². The maximum absolute atomic E-state index is 13.8. The maximum atomic E-state index is 13.8. The van der Waals surface area contributed by atoms with Gasteiger partial charge in [0.2, 0.25) is 0 Å². The number of allylic oxidation sites excluding steroid dienone is 1. The second kappa shape index (κ2) is 10.1. The molecule has 9 atom stereocenters. The molecule has 4 unspecified atom stereocenters. The SMILES string of the molecule is CC(=O)O[C@H]1CC[C@@]2(C)C(CC[C@]3(C)C2CCC2C4=C(C(C)C)C(=O)C[C@]4(NC(=O)OC(C)C4CC4)CC[C@]23C)C1(C)C. The van der Waals surface area contributed by atoms with E-state index in [2.05, 4.69) is 53.8 Å². The van der Waals surface area contributed by atoms with Crippen molar-refractivity contribution in [3.05, 3.63) is 11.1 Å². The Balaban J connectivity index is 1.34. The third-order valence-electron chi connectivity index (χ3n) is 14.6. The predicted octanol–water partition coefficient (Wildman–Crippen LogP) is 8.18. The molecule has 0 spiro atoms. The zero-order valence-electron chi connectivity index (χ0n) is 28.4. The van der Waals surface area contributed by atoms with Crippen molar-refractivity contribution >= 4 is 17.8 Å². The topological polar surface area (TPSA) is 81.7 Å². The number of esters is 1. The molecule has 5 saturated carbocycles. The van der Waals surface area contributed by atoms with E-state index in [-0.39, 0.29) is 63.5 Å². The fourth-order valence-corrected chi connectivity index (χ4v) is 12.2. The largest absolute Gasteiger partial charge is 0.462 e. The average molecular weight is 596 g/mol. The van der Waals surface area contributed by atoms with Crippen LogP contribution in [-0.4, -0.2) is 35.6 Å². The lowest BCUT2D eigenvalue weighted by atomic mass is 9.33. The Kier molecular flexibility index (Phi) is 7.30. The van der Waals surface area contributed by atoms with E-state index < -0.39 is 5.54 Å². The van der Waals surface area contributed by atoms with Crippen molar-refractivity contribution in [3.63, 3.8) is 0 Å². The van der Waals surface area contributed by atoms with Crippen molar-refractivity contribution < 1.29 is 23.9 Å². The number of ketones is 1. The van der Waals surface area contributed by atoms with Crippen molar-refractivity contribution in [3.8, 4) is 0 Å². The Hall–Kier alpha value is -1.85. The molecule has 0 aromatic heterocycles. The van der Waals surface area contributed by atoms with Gasteiger partial charge >= 0.3 is 12.1 Å². The van der Waals surface area contributed by atoms with Crippen molar-refractivity contribution in [2.75, 3.05) is 0 Å². The second-order valence-electron chi connectivity index (χ2n) is 17.3. The molecule has 0 bridgehead atoms. The summed E-state index contributed by atoms with van der Waals surface area (Å²) in [6, 6.07) is 0. The lowest BCUT2D eigenvalue weighted by molar-refractivity contribution is -0.231. The van der Waals surface area contributed by atoms with Crippen molar-refractivity contribution in [2.45, 2.75) is 151 Å². The molecule has 5 fully saturated rings. The van der Waals surface area contributed by atoms with Gasteiger partial charge in [0.05, 0.1) is 5.54 Å². The summed E-state index contributed by atoms with van der Waals surface area (Å²) in [6.45, 7) is 20.2. The van der Waals surface area contributed by atoms with Gasteiger partial charge in [-0.15, -0.1) is 0 Å². The minimum Gasteiger partial charge on any atom is -0.462 e. The zero-order chi connectivity index (χ0) is 31.3. The van der Waals surface area contributed by atoms with Crippen LogP contribution >= 0.6 is 0 Å². The van der Waals surface area contributed by atoms with Crippen LogP contribution in [-0.2, 0) is 19.1 Å². The summed E-state index contributed by atoms with van der Waals surface area (Å²) in [5.41, 5.74) is 1.90. The first-order chi connectivity index (χ1) is 20.0. The van der Waals surface area contributed by atoms with Crippen LogP contribution in [0.3, 0.4) is 0 Å². The highest BCUT2D eigenvalue weighted by Gasteiger charge is 2.70. The Morgan fingerprint density at radius 3 is 2.16 bits per heavy atom. The number of hydrogen-bond acceptors (Lipinski definition) is 5. The number of hydrogen-bond donors (Lipinski definition) is 1. The standard InChI is InChI=1S/C37H57NO5/c1-21(2)30-26(40)20-37(38-32(41)42-22(3)24-10-11-24)19-18-35(8)25(31(30)37)12-13-28-34(7)16-15-29(43-23(4)39)33(5,6)27(34)14-17-36(28,35)9/h21-22,24-25,27-29H,10-20H2,1-9H3,(H,38,41)/t22?,25?,27?,28?,29-,34-,35+,36+,37+/m0/s1. The lowest BCUT2D eigenvalue weighted by Crippen LogP contribution is -2.67. The molecule has 0 heterocycles. The first-order valence-corrected chi connectivity index (χ1v) is 17.4. The molecule has 1 amide bonds. The number of alkyl carbamates (subject to hydrolysis) is 1. The minimum absolute atomic E-state index is 0.0219. The molecule has 6 rings (SSSR count). The normalized spacial score (nSPS) is 44.1. The van der Waals surface area contributed by atoms with E-state index in [4.69, 9.17) is 9.47 Å². The fourth-order valence-electron chi connectivity index (χ4n) is 12.2. The van der Waals surface area contributed by atoms with Gasteiger partial charge in [-0.2, -0.15) is 0 Å². The van der Waals surface area contributed by atoms with Gasteiger partial charge in [-0.25, -0.2) is 4.79 Å². The minimum atomic E-state index is -0.615. The van der Waals surface area contributed by atoms with Crippen molar-refractivity contribution in [2.24, 2.45) is 51.2 Å². The Morgan fingerprint density at radius 1 is 0.837 bits per heavy atom. The molecule has 0 aliphatic heterocycles. The fraction of sp³-hybridized carbons (Fsp3) is 0.865. The van der Waals surface area contributed by atoms with Gasteiger partial charge in [0.15, 0.2) is 5.78 Å². The van der Waals surface area contributed by atoms with Crippen LogP contribution in [0.15, 0.2) is 11.1 Å². The van der Waals surface area contributed by atoms with Gasteiger partial charge in [-0.05, 0) is 128 Å². The van der Waals surface area contributed by atoms with Gasteiger partial charge in [-0.3, -0.25) is 9.59 Å². The number of fused-ring (bicyclic) bond motifs is 7. The zero-order valence-corrected chi connectivity index (χ0v) is 28.4. The van der Waals surface area contributed by atoms with Crippen LogP contribution in [0, 0.1) is 51.2 Å². The molecule has 6 aliphatic carbocycles. The summed E-state index contributed by atoms with van der Waals surface area (Å²) in [5, 5.41) is 3.36. The number of ether oxygens (including phenoxy) is 2. The molecule has 0 aromatic carbocycles. The number of carbonyl (C=O) groups is 3. The van der Waals surface area contributed by atoms with Crippen LogP contribution < -0.4 is 5.32 Å². The van der Waals surface area contributed by atoms with Crippen molar-refractivity contribution in [1.82, 2.24) is 5.32 Å². The maximum Gasteiger partial charge on any atom is 0.408 e. The summed E-state index contributed by atoms with van der Waals surface area (Å²) in [5.74, 6) is 2.01. The van der Waals surface area contributed by atoms with E-state index in [1.54, 1.807) is 6.92 Å². The van der Waals surface area contributed by atoms with Crippen molar-refractivity contribution in [1.29, 1.82) is 0 Å². The monoisotopic (exact) mass is 595 g/mol. The molecule has 240 valence electrons. The van der Waals surface area contributed by atoms with Crippen LogP contribution in [0.5, 0.6) is 0 Å². The summed E-state index contributed by atoms with van der Waals surface area (Å²) < 4.78 is 11.8. The molecule has 0 radical (unpaired) electrons. The molecule has 6 heteroatoms. The van der Waals surface area contributed by atoms with E-state index >= 15 is 0 Å². The molecule has 43 heavy (non-hydrogen) atoms. The Bertz CT molecular complexity index is 1230. The molecular weight excluding hydrogens is 538 g/mol. The van der Waals surface area contributed by atoms with Crippen LogP contribution in [0.1, 0.15) is 133 Å². The molecule has 0 aromatic rings. The summed E-state index contributed by atoms with van der Waals surface area (Å²) in [6.07, 6.45) is 10.5. The quantitative estimate of drug-likeness (QED) is 0.324. The third kappa shape index (κ3) is 4.48. The average Bonchev–Trinajstić information content (AvgIpc) is 3.69. The number of Topliss-reactive ketones (excluding diaryl/α,β-unsaturated/α-hetero) is 1. The summed E-state index contributed by atoms with van der Waals surface area (Å²) >= 11 is 0. The molecule has 6 aliphatic rings. The highest BCUT2D eigenvalue weighted by atomic mass is 16.6. The van der Waals surface area contributed by atoms with E-state index in [0.29, 0.717) is 24.2 Å². The number of nitrogens with one attached hydrogen (secondary N) is 1. The van der Waals surface area contributed by atoms with Gasteiger partial charge < -0.3 is 14.8 Å². The predicted molar refractivity (Wildman–Crippen MR) is 167 cm³/mol. The van der Waals surface area contributed by atoms with Gasteiger partial charge in [-0.1, -0.05) is 48.5 Å². The van der Waals surface area contributed by atoms with Gasteiger partial charge in [0.1, 0.15) is 12.2 Å². The Morgan fingerprint density at radius 2 is 1.53 bits per heavy atom. The summed E-state index contributed by atoms with van der Waals surface area (Å²) in [7, 11) is 0. The number of rotatable bonds is 5. The highest BCUT2D eigenvalue weighted by molar-refractivity contribution is 6.02. The smallest absolute Gasteiger partial charge is 0.408 e. The Labute approximate surface area is 259 Å². The first-order valence-electron chi connectivity index (χ1n) is 17.4. The van der Waals surface area contributed by atoms with E-state index in [9.17, 15) is 14.4 Å². The highest BCUT2D eigenvalue weighted by Crippen LogP contribution is 2.75. The number of amides is 1. The lowest BCUT2D eigenvalue weighted by Gasteiger charge is -2.72. The van der Waals surface area contributed by atoms with E-state index in [1.165, 1.54) is 5.57 Å². The van der Waals surface area contributed by atoms with E-state index in [0.717, 1.165) is 69.8 Å². The third-order valence-corrected chi connectivity index (χ3v) is 14.6. The summed E-state index contributed by atoms with van der Waals surface area (Å²) in [4.78, 5) is 39.1. The number of carbonyl (C=O) groups excluding carboxylic acids is 3. The molecule has 6 nitrogen and oxygen atoms in total. The van der Waals surface area contributed by atoms with Crippen LogP contribution in [0.4, 0.5) is 4.79 Å². The first kappa shape index (κ1) is 31.1. The second-order valence-corrected chi connectivity index (χ2v) is 17.3. The van der Waals surface area contributed by atoms with Crippen LogP contribution in [0.2, 0.25) is 0 Å². The van der Waals surface area contributed by atoms with Crippen LogP contribution in [0.25, 0.3) is 0 Å². The molecular formula is C37H57NO5. The van der Waals surface area contributed by atoms with Gasteiger partial charge in [0.25, 0.3) is 0 Å². The molecule has 1 N–H and O–H groups in total. The molecule has 0 saturated heterocycles. The van der Waals surface area contributed by atoms with E-state index in [1.807, 2.05) is 6.92 Å².